The Kier molecular flexibility index (Phi) is 4.98. The summed E-state index contributed by atoms with van der Waals surface area (Å²) in [5.74, 6) is 0. The number of hydrogen-bond acceptors (Lipinski definition) is 3. The van der Waals surface area contributed by atoms with E-state index in [2.05, 4.69) is 29.1 Å². The van der Waals surface area contributed by atoms with Crippen molar-refractivity contribution in [2.75, 3.05) is 64.4 Å². The molecule has 3 N–H and O–H groups in total. The average Bonchev–Trinajstić information content (AvgIpc) is 2.67. The quantitative estimate of drug-likeness (QED) is 0.632. The number of nitrogens with one attached hydrogen (secondary N) is 3. The van der Waals surface area contributed by atoms with E-state index < -0.39 is 0 Å². The van der Waals surface area contributed by atoms with E-state index in [0.29, 0.717) is 0 Å². The largest absolute Gasteiger partial charge is 0.378 e. The molecule has 140 valence electrons. The van der Waals surface area contributed by atoms with Crippen LogP contribution in [-0.4, -0.2) is 64.5 Å². The molecule has 0 radical (unpaired) electrons. The third kappa shape index (κ3) is 3.49. The van der Waals surface area contributed by atoms with Gasteiger partial charge < -0.3 is 24.4 Å². The minimum absolute atomic E-state index is 0.199. The van der Waals surface area contributed by atoms with E-state index >= 15 is 0 Å². The van der Waals surface area contributed by atoms with Crippen molar-refractivity contribution in [1.29, 1.82) is 0 Å². The molecule has 1 aromatic heterocycles. The second kappa shape index (κ2) is 7.39. The Morgan fingerprint density at radius 3 is 2.62 bits per heavy atom. The van der Waals surface area contributed by atoms with Crippen molar-refractivity contribution in [3.05, 3.63) is 39.7 Å². The van der Waals surface area contributed by atoms with Gasteiger partial charge in [-0.3, -0.25) is 4.79 Å². The van der Waals surface area contributed by atoms with E-state index in [0.717, 1.165) is 73.8 Å². The van der Waals surface area contributed by atoms with Crippen molar-refractivity contribution in [2.24, 2.45) is 0 Å². The third-order valence-electron chi connectivity index (χ3n) is 5.91. The number of ether oxygens (including phenoxy) is 1. The normalized spacial score (nSPS) is 24.2. The lowest BCUT2D eigenvalue weighted by atomic mass is 10.1. The van der Waals surface area contributed by atoms with E-state index in [9.17, 15) is 4.79 Å². The van der Waals surface area contributed by atoms with Crippen LogP contribution in [0.4, 0.5) is 5.69 Å². The second-order valence-electron chi connectivity index (χ2n) is 7.77. The molecule has 0 bridgehead atoms. The number of pyridine rings is 1. The van der Waals surface area contributed by atoms with Gasteiger partial charge in [0, 0.05) is 35.4 Å². The first-order chi connectivity index (χ1) is 12.6. The predicted octanol–water partition coefficient (Wildman–Crippen LogP) is -1.41. The van der Waals surface area contributed by atoms with Gasteiger partial charge in [-0.15, -0.1) is 0 Å². The fraction of sp³-hybridized carbons (Fsp3) is 0.550. The van der Waals surface area contributed by atoms with E-state index in [1.165, 1.54) is 18.0 Å². The Morgan fingerprint density at radius 2 is 1.88 bits per heavy atom. The van der Waals surface area contributed by atoms with E-state index in [-0.39, 0.29) is 5.43 Å². The van der Waals surface area contributed by atoms with Crippen LogP contribution in [0.15, 0.2) is 23.0 Å². The smallest absolute Gasteiger partial charge is 0.198 e. The molecule has 2 aliphatic heterocycles. The fourth-order valence-corrected chi connectivity index (χ4v) is 4.13. The summed E-state index contributed by atoms with van der Waals surface area (Å²) in [6, 6.07) is 6.22. The summed E-state index contributed by atoms with van der Waals surface area (Å²) >= 11 is 0. The molecular weight excluding hydrogens is 328 g/mol. The number of aryl methyl sites for hydroxylation is 1. The van der Waals surface area contributed by atoms with Gasteiger partial charge in [0.15, 0.2) is 5.43 Å². The van der Waals surface area contributed by atoms with Gasteiger partial charge in [-0.25, -0.2) is 0 Å². The highest BCUT2D eigenvalue weighted by Crippen LogP contribution is 2.21. The monoisotopic (exact) mass is 358 g/mol. The lowest BCUT2D eigenvalue weighted by molar-refractivity contribution is -1.01. The molecule has 0 saturated carbocycles. The zero-order valence-electron chi connectivity index (χ0n) is 15.9. The molecule has 2 saturated heterocycles. The number of fused-ring (bicyclic) bond motifs is 1. The molecule has 2 aromatic rings. The summed E-state index contributed by atoms with van der Waals surface area (Å²) in [6.45, 7) is 10.8. The lowest BCUT2D eigenvalue weighted by Gasteiger charge is -2.29. The first-order valence-electron chi connectivity index (χ1n) is 9.75. The Balaban J connectivity index is 1.66. The number of likely N-dealkylation sites (N-methyl/N-ethyl adjacent to an activating group) is 1. The number of morpholine rings is 1. The molecule has 0 amide bonds. The fourth-order valence-electron chi connectivity index (χ4n) is 4.13. The van der Waals surface area contributed by atoms with Crippen molar-refractivity contribution < 1.29 is 14.5 Å². The number of aromatic nitrogens is 1. The number of quaternary nitrogens is 2. The predicted molar refractivity (Wildman–Crippen MR) is 103 cm³/mol. The first kappa shape index (κ1) is 17.5. The number of benzene rings is 1. The second-order valence-corrected chi connectivity index (χ2v) is 7.77. The lowest BCUT2D eigenvalue weighted by Crippen LogP contribution is -3.26. The van der Waals surface area contributed by atoms with Crippen LogP contribution in [0.1, 0.15) is 11.3 Å². The van der Waals surface area contributed by atoms with E-state index in [1.807, 2.05) is 13.0 Å². The summed E-state index contributed by atoms with van der Waals surface area (Å²) in [6.07, 6.45) is 0. The molecule has 0 atom stereocenters. The Labute approximate surface area is 154 Å². The molecule has 6 nitrogen and oxygen atoms in total. The van der Waals surface area contributed by atoms with Gasteiger partial charge in [0.1, 0.15) is 32.7 Å². The van der Waals surface area contributed by atoms with Crippen LogP contribution in [0, 0.1) is 6.92 Å². The molecule has 2 fully saturated rings. The van der Waals surface area contributed by atoms with Gasteiger partial charge in [0.25, 0.3) is 0 Å². The zero-order chi connectivity index (χ0) is 18.1. The highest BCUT2D eigenvalue weighted by molar-refractivity contribution is 5.83. The summed E-state index contributed by atoms with van der Waals surface area (Å²) in [4.78, 5) is 22.1. The van der Waals surface area contributed by atoms with Crippen LogP contribution in [0.25, 0.3) is 10.9 Å². The maximum atomic E-state index is 13.2. The summed E-state index contributed by atoms with van der Waals surface area (Å²) < 4.78 is 5.45. The molecule has 0 spiro atoms. The van der Waals surface area contributed by atoms with E-state index in [4.69, 9.17) is 4.74 Å². The maximum absolute atomic E-state index is 13.2. The van der Waals surface area contributed by atoms with Crippen LogP contribution in [-0.2, 0) is 11.3 Å². The topological polar surface area (TPSA) is 54.2 Å². The molecule has 6 heteroatoms. The minimum Gasteiger partial charge on any atom is -0.378 e. The van der Waals surface area contributed by atoms with Crippen LogP contribution in [0.5, 0.6) is 0 Å². The third-order valence-corrected chi connectivity index (χ3v) is 5.91. The minimum atomic E-state index is 0.199. The Morgan fingerprint density at radius 1 is 1.15 bits per heavy atom. The molecule has 4 rings (SSSR count). The first-order valence-corrected chi connectivity index (χ1v) is 9.75. The number of aromatic amines is 1. The number of H-pyrrole nitrogens is 1. The molecule has 2 aliphatic rings. The molecule has 1 aromatic carbocycles. The van der Waals surface area contributed by atoms with Gasteiger partial charge in [-0.05, 0) is 25.1 Å². The van der Waals surface area contributed by atoms with E-state index in [1.54, 1.807) is 4.90 Å². The zero-order valence-corrected chi connectivity index (χ0v) is 15.9. The van der Waals surface area contributed by atoms with Gasteiger partial charge in [0.2, 0.25) is 0 Å². The molecular formula is C20H30N4O2+2. The molecule has 0 aliphatic carbocycles. The van der Waals surface area contributed by atoms with Crippen LogP contribution in [0.3, 0.4) is 0 Å². The number of piperazine rings is 1. The molecule has 3 heterocycles. The van der Waals surface area contributed by atoms with Crippen molar-refractivity contribution >= 4 is 16.6 Å². The SMILES string of the molecule is Cc1[nH]c2ccc(N3CCOCC3)cc2c(=O)c1C[NH+]1CC[NH+](C)CC1. The number of nitrogens with zero attached hydrogens (tertiary/aromatic N) is 1. The Hall–Kier alpha value is -1.89. The van der Waals surface area contributed by atoms with Crippen molar-refractivity contribution in [3.63, 3.8) is 0 Å². The maximum Gasteiger partial charge on any atom is 0.198 e. The summed E-state index contributed by atoms with van der Waals surface area (Å²) in [5, 5.41) is 0.814. The highest BCUT2D eigenvalue weighted by Gasteiger charge is 2.23. The van der Waals surface area contributed by atoms with Crippen molar-refractivity contribution in [1.82, 2.24) is 4.98 Å². The van der Waals surface area contributed by atoms with Gasteiger partial charge in [0.05, 0.1) is 25.8 Å². The molecule has 0 unspecified atom stereocenters. The summed E-state index contributed by atoms with van der Waals surface area (Å²) in [5.41, 5.74) is 4.22. The van der Waals surface area contributed by atoms with Crippen molar-refractivity contribution in [3.8, 4) is 0 Å². The highest BCUT2D eigenvalue weighted by atomic mass is 16.5. The summed E-state index contributed by atoms with van der Waals surface area (Å²) in [7, 11) is 2.25. The standard InChI is InChI=1S/C20H28N4O2/c1-15-18(14-23-7-5-22(2)6-8-23)20(25)17-13-16(3-4-19(17)21-15)24-9-11-26-12-10-24/h3-4,13H,5-12,14H2,1-2H3,(H,21,25)/p+2. The number of rotatable bonds is 3. The van der Waals surface area contributed by atoms with Gasteiger partial charge >= 0.3 is 0 Å². The number of hydrogen-bond donors (Lipinski definition) is 3. The number of anilines is 1. The van der Waals surface area contributed by atoms with Crippen molar-refractivity contribution in [2.45, 2.75) is 13.5 Å². The average molecular weight is 358 g/mol. The van der Waals surface area contributed by atoms with Gasteiger partial charge in [-0.2, -0.15) is 0 Å². The Bertz CT molecular complexity index is 834. The van der Waals surface area contributed by atoms with Crippen LogP contribution in [0.2, 0.25) is 0 Å². The van der Waals surface area contributed by atoms with Gasteiger partial charge in [-0.1, -0.05) is 0 Å². The van der Waals surface area contributed by atoms with Crippen LogP contribution < -0.4 is 20.1 Å². The van der Waals surface area contributed by atoms with Crippen LogP contribution >= 0.6 is 0 Å². The molecule has 26 heavy (non-hydrogen) atoms.